The Hall–Kier alpha value is -1.50. The van der Waals surface area contributed by atoms with Gasteiger partial charge in [-0.1, -0.05) is 0 Å². The number of nitrogens with one attached hydrogen (secondary N) is 2. The van der Waals surface area contributed by atoms with Crippen LogP contribution in [0.5, 0.6) is 0 Å². The van der Waals surface area contributed by atoms with E-state index < -0.39 is 17.7 Å². The summed E-state index contributed by atoms with van der Waals surface area (Å²) < 4.78 is 5.05. The molecular formula is C11H18N2O2. The molecule has 0 rings (SSSR count). The number of rotatable bonds is 3. The summed E-state index contributed by atoms with van der Waals surface area (Å²) in [5, 5.41) is 9.96. The molecule has 0 aromatic heterocycles. The molecule has 0 saturated heterocycles. The van der Waals surface area contributed by atoms with E-state index >= 15 is 0 Å². The second-order valence-corrected chi connectivity index (χ2v) is 4.29. The van der Waals surface area contributed by atoms with Gasteiger partial charge in [-0.05, 0) is 27.7 Å². The molecule has 0 aliphatic carbocycles. The first-order valence-corrected chi connectivity index (χ1v) is 4.74. The molecular weight excluding hydrogens is 192 g/mol. The molecule has 1 unspecified atom stereocenters. The molecule has 0 bridgehead atoms. The molecule has 84 valence electrons. The Labute approximate surface area is 90.9 Å². The summed E-state index contributed by atoms with van der Waals surface area (Å²) in [4.78, 5) is 11.3. The van der Waals surface area contributed by atoms with Crippen LogP contribution in [-0.2, 0) is 4.74 Å². The maximum absolute atomic E-state index is 11.3. The lowest BCUT2D eigenvalue weighted by Crippen LogP contribution is -2.42. The highest BCUT2D eigenvalue weighted by atomic mass is 16.6. The largest absolute Gasteiger partial charge is 0.444 e. The number of carbonyl (C=O) groups excluding carboxylic acids is 1. The minimum absolute atomic E-state index is 0.300. The first kappa shape index (κ1) is 13.5. The monoisotopic (exact) mass is 210 g/mol. The van der Waals surface area contributed by atoms with E-state index in [9.17, 15) is 4.79 Å². The molecule has 2 N–H and O–H groups in total. The second-order valence-electron chi connectivity index (χ2n) is 4.29. The molecule has 4 nitrogen and oxygen atoms in total. The molecule has 0 aromatic carbocycles. The first-order valence-electron chi connectivity index (χ1n) is 4.74. The number of terminal acetylenes is 1. The van der Waals surface area contributed by atoms with E-state index in [0.29, 0.717) is 12.1 Å². The number of hydrogen-bond acceptors (Lipinski definition) is 3. The van der Waals surface area contributed by atoms with Crippen LogP contribution in [0.4, 0.5) is 4.79 Å². The van der Waals surface area contributed by atoms with E-state index in [1.165, 1.54) is 0 Å². The van der Waals surface area contributed by atoms with Crippen LogP contribution < -0.4 is 5.32 Å². The van der Waals surface area contributed by atoms with Gasteiger partial charge in [0.05, 0.1) is 6.04 Å². The molecule has 0 radical (unpaired) electrons. The molecule has 1 atom stereocenters. The molecule has 0 aliphatic rings. The van der Waals surface area contributed by atoms with Crippen molar-refractivity contribution in [2.45, 2.75) is 45.8 Å². The van der Waals surface area contributed by atoms with Gasteiger partial charge in [0.25, 0.3) is 0 Å². The zero-order chi connectivity index (χ0) is 12.1. The van der Waals surface area contributed by atoms with Gasteiger partial charge in [0.2, 0.25) is 0 Å². The van der Waals surface area contributed by atoms with Crippen LogP contribution in [0.3, 0.4) is 0 Å². The summed E-state index contributed by atoms with van der Waals surface area (Å²) >= 11 is 0. The summed E-state index contributed by atoms with van der Waals surface area (Å²) in [6.07, 6.45) is 4.88. The van der Waals surface area contributed by atoms with Crippen molar-refractivity contribution in [3.8, 4) is 12.3 Å². The molecule has 4 heteroatoms. The van der Waals surface area contributed by atoms with Gasteiger partial charge in [-0.3, -0.25) is 0 Å². The lowest BCUT2D eigenvalue weighted by molar-refractivity contribution is 0.0518. The normalized spacial score (nSPS) is 12.5. The number of ether oxygens (including phenoxy) is 1. The van der Waals surface area contributed by atoms with Gasteiger partial charge in [-0.25, -0.2) is 4.79 Å². The first-order chi connectivity index (χ1) is 6.76. The summed E-state index contributed by atoms with van der Waals surface area (Å²) in [5.74, 6) is 2.41. The SMILES string of the molecule is C#CCC(NC(=O)OC(C)(C)C)C(C)=N. The third-order valence-corrected chi connectivity index (χ3v) is 1.54. The van der Waals surface area contributed by atoms with E-state index in [2.05, 4.69) is 11.2 Å². The Morgan fingerprint density at radius 3 is 2.47 bits per heavy atom. The number of hydrogen-bond donors (Lipinski definition) is 2. The summed E-state index contributed by atoms with van der Waals surface area (Å²) in [6, 6.07) is -0.440. The minimum atomic E-state index is -0.547. The zero-order valence-corrected chi connectivity index (χ0v) is 9.68. The van der Waals surface area contributed by atoms with Gasteiger partial charge < -0.3 is 15.5 Å². The van der Waals surface area contributed by atoms with E-state index in [1.807, 2.05) is 0 Å². The summed E-state index contributed by atoms with van der Waals surface area (Å²) in [7, 11) is 0. The van der Waals surface area contributed by atoms with E-state index in [4.69, 9.17) is 16.6 Å². The number of alkyl carbamates (subject to hydrolysis) is 1. The molecule has 0 saturated carbocycles. The predicted molar refractivity (Wildman–Crippen MR) is 60.0 cm³/mol. The lowest BCUT2D eigenvalue weighted by Gasteiger charge is -2.22. The highest BCUT2D eigenvalue weighted by molar-refractivity contribution is 5.87. The molecule has 0 spiro atoms. The molecule has 1 amide bonds. The van der Waals surface area contributed by atoms with Crippen LogP contribution in [-0.4, -0.2) is 23.4 Å². The average molecular weight is 210 g/mol. The summed E-state index contributed by atoms with van der Waals surface area (Å²) in [5.41, 5.74) is -0.223. The van der Waals surface area contributed by atoms with Crippen LogP contribution in [0.2, 0.25) is 0 Å². The van der Waals surface area contributed by atoms with Crippen LogP contribution >= 0.6 is 0 Å². The van der Waals surface area contributed by atoms with Crippen molar-refractivity contribution in [3.05, 3.63) is 0 Å². The van der Waals surface area contributed by atoms with E-state index in [0.717, 1.165) is 0 Å². The van der Waals surface area contributed by atoms with Crippen molar-refractivity contribution in [2.24, 2.45) is 0 Å². The van der Waals surface area contributed by atoms with Gasteiger partial charge in [0, 0.05) is 12.1 Å². The highest BCUT2D eigenvalue weighted by Gasteiger charge is 2.19. The Bertz CT molecular complexity index is 284. The Kier molecular flexibility index (Phi) is 4.86. The summed E-state index contributed by atoms with van der Waals surface area (Å²) in [6.45, 7) is 6.93. The topological polar surface area (TPSA) is 62.2 Å². The Morgan fingerprint density at radius 2 is 2.13 bits per heavy atom. The van der Waals surface area contributed by atoms with Gasteiger partial charge in [0.1, 0.15) is 5.60 Å². The molecule has 15 heavy (non-hydrogen) atoms. The fourth-order valence-electron chi connectivity index (χ4n) is 0.880. The molecule has 0 aliphatic heterocycles. The highest BCUT2D eigenvalue weighted by Crippen LogP contribution is 2.07. The second kappa shape index (κ2) is 5.40. The minimum Gasteiger partial charge on any atom is -0.444 e. The van der Waals surface area contributed by atoms with Crippen molar-refractivity contribution >= 4 is 11.8 Å². The fourth-order valence-corrected chi connectivity index (χ4v) is 0.880. The van der Waals surface area contributed by atoms with Crippen LogP contribution in [0, 0.1) is 17.8 Å². The average Bonchev–Trinajstić information content (AvgIpc) is 1.99. The molecule has 0 aromatic rings. The lowest BCUT2D eigenvalue weighted by atomic mass is 10.1. The molecule has 0 fully saturated rings. The van der Waals surface area contributed by atoms with E-state index in [1.54, 1.807) is 27.7 Å². The maximum atomic E-state index is 11.3. The van der Waals surface area contributed by atoms with Gasteiger partial charge >= 0.3 is 6.09 Å². The van der Waals surface area contributed by atoms with E-state index in [-0.39, 0.29) is 0 Å². The maximum Gasteiger partial charge on any atom is 0.408 e. The van der Waals surface area contributed by atoms with Crippen molar-refractivity contribution in [2.75, 3.05) is 0 Å². The molecule has 0 heterocycles. The third-order valence-electron chi connectivity index (χ3n) is 1.54. The Morgan fingerprint density at radius 1 is 1.60 bits per heavy atom. The predicted octanol–water partition coefficient (Wildman–Crippen LogP) is 1.94. The van der Waals surface area contributed by atoms with Gasteiger partial charge in [-0.2, -0.15) is 0 Å². The van der Waals surface area contributed by atoms with Crippen molar-refractivity contribution < 1.29 is 9.53 Å². The van der Waals surface area contributed by atoms with Crippen LogP contribution in [0.1, 0.15) is 34.1 Å². The third kappa shape index (κ3) is 6.55. The number of amides is 1. The number of carbonyl (C=O) groups is 1. The smallest absolute Gasteiger partial charge is 0.408 e. The zero-order valence-electron chi connectivity index (χ0n) is 9.68. The van der Waals surface area contributed by atoms with Gasteiger partial charge in [-0.15, -0.1) is 12.3 Å². The fraction of sp³-hybridized carbons (Fsp3) is 0.636. The van der Waals surface area contributed by atoms with Crippen molar-refractivity contribution in [1.82, 2.24) is 5.32 Å². The van der Waals surface area contributed by atoms with Gasteiger partial charge in [0.15, 0.2) is 0 Å². The Balaban J connectivity index is 4.25. The van der Waals surface area contributed by atoms with Crippen molar-refractivity contribution in [1.29, 1.82) is 5.41 Å². The van der Waals surface area contributed by atoms with Crippen LogP contribution in [0.25, 0.3) is 0 Å². The quantitative estimate of drug-likeness (QED) is 0.552. The van der Waals surface area contributed by atoms with Crippen molar-refractivity contribution in [3.63, 3.8) is 0 Å². The van der Waals surface area contributed by atoms with Crippen LogP contribution in [0.15, 0.2) is 0 Å². The standard InChI is InChI=1S/C11H18N2O2/c1-6-7-9(8(2)12)13-10(14)15-11(3,4)5/h1,9,12H,7H2,2-5H3,(H,13,14).